The Labute approximate surface area is 137 Å². The lowest BCUT2D eigenvalue weighted by molar-refractivity contribution is 0.0343. The van der Waals surface area contributed by atoms with E-state index in [-0.39, 0.29) is 12.5 Å². The first-order valence-corrected chi connectivity index (χ1v) is 8.58. The molecule has 0 bridgehead atoms. The van der Waals surface area contributed by atoms with Gasteiger partial charge in [-0.15, -0.1) is 11.3 Å². The molecule has 2 heterocycles. The Morgan fingerprint density at radius 1 is 1.15 bits per heavy atom. The van der Waals surface area contributed by atoms with Gasteiger partial charge in [0.2, 0.25) is 0 Å². The van der Waals surface area contributed by atoms with E-state index < -0.39 is 0 Å². The van der Waals surface area contributed by atoms with Gasteiger partial charge in [0.25, 0.3) is 0 Å². The number of rotatable bonds is 2. The molecule has 104 valence electrons. The molecule has 0 aliphatic carbocycles. The van der Waals surface area contributed by atoms with E-state index in [1.54, 1.807) is 11.3 Å². The van der Waals surface area contributed by atoms with E-state index in [9.17, 15) is 0 Å². The van der Waals surface area contributed by atoms with Gasteiger partial charge in [-0.25, -0.2) is 0 Å². The molecule has 0 unspecified atom stereocenters. The third kappa shape index (κ3) is 2.96. The molecule has 1 saturated heterocycles. The summed E-state index contributed by atoms with van der Waals surface area (Å²) in [5, 5.41) is 2.12. The molecule has 1 aromatic heterocycles. The molecule has 5 heteroatoms. The number of hydrogen-bond acceptors (Lipinski definition) is 3. The maximum Gasteiger partial charge on any atom is 0.494 e. The summed E-state index contributed by atoms with van der Waals surface area (Å²) in [5.74, 6) is 0. The van der Waals surface area contributed by atoms with Crippen LogP contribution in [-0.2, 0) is 9.31 Å². The van der Waals surface area contributed by atoms with Crippen LogP contribution in [0.3, 0.4) is 0 Å². The fourth-order valence-corrected chi connectivity index (χ4v) is 4.20. The Hall–Kier alpha value is -0.365. The fourth-order valence-electron chi connectivity index (χ4n) is 2.27. The molecule has 2 aromatic rings. The molecule has 0 radical (unpaired) electrons. The fraction of sp³-hybridized carbons (Fsp3) is 0.333. The number of halogens is 1. The summed E-state index contributed by atoms with van der Waals surface area (Å²) in [4.78, 5) is 1.29. The summed E-state index contributed by atoms with van der Waals surface area (Å²) >= 11 is 4.14. The first-order valence-electron chi connectivity index (χ1n) is 6.62. The van der Waals surface area contributed by atoms with E-state index in [1.807, 2.05) is 6.07 Å². The highest BCUT2D eigenvalue weighted by Crippen LogP contribution is 2.30. The van der Waals surface area contributed by atoms with Crippen LogP contribution in [0.25, 0.3) is 10.4 Å². The predicted molar refractivity (Wildman–Crippen MR) is 93.5 cm³/mol. The second-order valence-corrected chi connectivity index (χ2v) is 7.88. The lowest BCUT2D eigenvalue weighted by atomic mass is 9.73. The van der Waals surface area contributed by atoms with Gasteiger partial charge < -0.3 is 9.31 Å². The van der Waals surface area contributed by atoms with Crippen molar-refractivity contribution < 1.29 is 9.31 Å². The molecule has 3 rings (SSSR count). The predicted octanol–water partition coefficient (Wildman–Crippen LogP) is 3.79. The zero-order chi connectivity index (χ0) is 14.2. The smallest absolute Gasteiger partial charge is 0.407 e. The highest BCUT2D eigenvalue weighted by molar-refractivity contribution is 14.1. The summed E-state index contributed by atoms with van der Waals surface area (Å²) in [6, 6.07) is 10.5. The minimum absolute atomic E-state index is 0.1000. The van der Waals surface area contributed by atoms with Crippen LogP contribution in [-0.4, -0.2) is 20.3 Å². The molecule has 1 aliphatic rings. The molecule has 2 nitrogen and oxygen atoms in total. The molecule has 0 spiro atoms. The van der Waals surface area contributed by atoms with E-state index >= 15 is 0 Å². The van der Waals surface area contributed by atoms with Crippen LogP contribution >= 0.6 is 33.9 Å². The minimum atomic E-state index is -0.253. The Kier molecular flexibility index (Phi) is 4.22. The summed E-state index contributed by atoms with van der Waals surface area (Å²) < 4.78 is 13.1. The summed E-state index contributed by atoms with van der Waals surface area (Å²) in [6.45, 7) is 5.79. The Morgan fingerprint density at radius 2 is 1.85 bits per heavy atom. The van der Waals surface area contributed by atoms with E-state index in [0.29, 0.717) is 0 Å². The first-order chi connectivity index (χ1) is 9.57. The van der Waals surface area contributed by atoms with Gasteiger partial charge in [0.15, 0.2) is 0 Å². The lowest BCUT2D eigenvalue weighted by Crippen LogP contribution is -2.47. The van der Waals surface area contributed by atoms with E-state index in [0.717, 1.165) is 18.7 Å². The lowest BCUT2D eigenvalue weighted by Gasteiger charge is -2.33. The van der Waals surface area contributed by atoms with Crippen LogP contribution in [0, 0.1) is 8.99 Å². The first kappa shape index (κ1) is 14.6. The second kappa shape index (κ2) is 5.79. The van der Waals surface area contributed by atoms with Crippen LogP contribution in [0.1, 0.15) is 13.8 Å². The molecule has 1 aromatic carbocycles. The molecule has 1 fully saturated rings. The highest BCUT2D eigenvalue weighted by atomic mass is 127. The number of benzene rings is 1. The second-order valence-electron chi connectivity index (χ2n) is 5.80. The molecule has 0 N–H and O–H groups in total. The van der Waals surface area contributed by atoms with Crippen molar-refractivity contribution in [2.24, 2.45) is 5.41 Å². The highest BCUT2D eigenvalue weighted by Gasteiger charge is 2.35. The van der Waals surface area contributed by atoms with Crippen molar-refractivity contribution in [3.8, 4) is 10.4 Å². The summed E-state index contributed by atoms with van der Waals surface area (Å²) in [5.41, 5.74) is 2.45. The maximum absolute atomic E-state index is 5.94. The Balaban J connectivity index is 1.93. The zero-order valence-corrected chi connectivity index (χ0v) is 14.5. The third-order valence-corrected chi connectivity index (χ3v) is 5.54. The average Bonchev–Trinajstić information content (AvgIpc) is 2.85. The minimum Gasteiger partial charge on any atom is -0.407 e. The molecule has 0 atom stereocenters. The van der Waals surface area contributed by atoms with Gasteiger partial charge >= 0.3 is 7.12 Å². The molecular weight excluding hydrogens is 382 g/mol. The maximum atomic E-state index is 5.94. The molecule has 20 heavy (non-hydrogen) atoms. The van der Waals surface area contributed by atoms with Crippen molar-refractivity contribution in [1.82, 2.24) is 0 Å². The SMILES string of the molecule is CC1(C)COB(c2ccccc2-c2sccc2I)OC1. The topological polar surface area (TPSA) is 18.5 Å². The van der Waals surface area contributed by atoms with E-state index in [1.165, 1.54) is 14.0 Å². The standard InChI is InChI=1S/C15H16BIO2S/c1-15(2)9-18-16(19-10-15)12-6-4-3-5-11(12)14-13(17)7-8-20-14/h3-8H,9-10H2,1-2H3. The van der Waals surface area contributed by atoms with Crippen LogP contribution in [0.2, 0.25) is 0 Å². The Morgan fingerprint density at radius 3 is 2.50 bits per heavy atom. The quantitative estimate of drug-likeness (QED) is 0.567. The monoisotopic (exact) mass is 398 g/mol. The third-order valence-electron chi connectivity index (χ3n) is 3.33. The van der Waals surface area contributed by atoms with Crippen LogP contribution in [0.5, 0.6) is 0 Å². The van der Waals surface area contributed by atoms with Gasteiger partial charge in [-0.05, 0) is 45.1 Å². The van der Waals surface area contributed by atoms with Crippen LogP contribution in [0.15, 0.2) is 35.7 Å². The molecule has 1 aliphatic heterocycles. The van der Waals surface area contributed by atoms with Crippen molar-refractivity contribution in [2.45, 2.75) is 13.8 Å². The van der Waals surface area contributed by atoms with Gasteiger partial charge in [0, 0.05) is 27.1 Å². The molecular formula is C15H16BIO2S. The van der Waals surface area contributed by atoms with Gasteiger partial charge in [0.05, 0.1) is 0 Å². The zero-order valence-electron chi connectivity index (χ0n) is 11.6. The van der Waals surface area contributed by atoms with Crippen molar-refractivity contribution >= 4 is 46.5 Å². The summed E-state index contributed by atoms with van der Waals surface area (Å²) in [7, 11) is -0.253. The normalized spacial score (nSPS) is 18.2. The van der Waals surface area contributed by atoms with Crippen molar-refractivity contribution in [3.63, 3.8) is 0 Å². The number of thiophene rings is 1. The van der Waals surface area contributed by atoms with E-state index in [2.05, 4.69) is 66.1 Å². The van der Waals surface area contributed by atoms with Gasteiger partial charge in [-0.1, -0.05) is 38.1 Å². The van der Waals surface area contributed by atoms with E-state index in [4.69, 9.17) is 9.31 Å². The number of hydrogen-bond donors (Lipinski definition) is 0. The van der Waals surface area contributed by atoms with Crippen molar-refractivity contribution in [3.05, 3.63) is 39.3 Å². The van der Waals surface area contributed by atoms with Crippen LogP contribution < -0.4 is 5.46 Å². The largest absolute Gasteiger partial charge is 0.494 e. The average molecular weight is 398 g/mol. The Bertz CT molecular complexity index is 601. The van der Waals surface area contributed by atoms with Gasteiger partial charge in [0.1, 0.15) is 0 Å². The van der Waals surface area contributed by atoms with Crippen molar-refractivity contribution in [1.29, 1.82) is 0 Å². The summed E-state index contributed by atoms with van der Waals surface area (Å²) in [6.07, 6.45) is 0. The molecule has 0 saturated carbocycles. The molecule has 0 amide bonds. The van der Waals surface area contributed by atoms with Crippen LogP contribution in [0.4, 0.5) is 0 Å². The van der Waals surface area contributed by atoms with Gasteiger partial charge in [-0.3, -0.25) is 0 Å². The van der Waals surface area contributed by atoms with Crippen molar-refractivity contribution in [2.75, 3.05) is 13.2 Å². The van der Waals surface area contributed by atoms with Gasteiger partial charge in [-0.2, -0.15) is 0 Å².